The lowest BCUT2D eigenvalue weighted by molar-refractivity contribution is -0.128. The lowest BCUT2D eigenvalue weighted by atomic mass is 10.1. The number of amides is 3. The monoisotopic (exact) mass is 483 g/mol. The van der Waals surface area contributed by atoms with Gasteiger partial charge in [0.2, 0.25) is 0 Å². The van der Waals surface area contributed by atoms with E-state index in [1.165, 1.54) is 0 Å². The molecule has 0 saturated carbocycles. The van der Waals surface area contributed by atoms with Crippen LogP contribution in [0.5, 0.6) is 11.5 Å². The van der Waals surface area contributed by atoms with Gasteiger partial charge in [0, 0.05) is 5.56 Å². The van der Waals surface area contributed by atoms with Crippen molar-refractivity contribution in [2.75, 3.05) is 12.4 Å². The molecule has 0 aromatic heterocycles. The number of methoxy groups -OCH3 is 1. The molecule has 8 nitrogen and oxygen atoms in total. The molecule has 3 N–H and O–H groups in total. The molecule has 0 aliphatic rings. The topological polar surface area (TPSA) is 106 Å². The summed E-state index contributed by atoms with van der Waals surface area (Å²) >= 11 is 0. The molecule has 4 rings (SSSR count). The summed E-state index contributed by atoms with van der Waals surface area (Å²) in [7, 11) is 1.54. The summed E-state index contributed by atoms with van der Waals surface area (Å²) in [6, 6.07) is 26.4. The van der Waals surface area contributed by atoms with Crippen molar-refractivity contribution in [3.63, 3.8) is 0 Å². The summed E-state index contributed by atoms with van der Waals surface area (Å²) in [6.07, 6.45) is -0.864. The highest BCUT2D eigenvalue weighted by atomic mass is 16.5. The van der Waals surface area contributed by atoms with Gasteiger partial charge in [-0.2, -0.15) is 0 Å². The summed E-state index contributed by atoms with van der Waals surface area (Å²) in [5.41, 5.74) is 5.63. The summed E-state index contributed by atoms with van der Waals surface area (Å²) < 4.78 is 10.8. The Kier molecular flexibility index (Phi) is 7.45. The van der Waals surface area contributed by atoms with Crippen LogP contribution in [0.4, 0.5) is 5.69 Å². The Morgan fingerprint density at radius 1 is 0.722 bits per heavy atom. The van der Waals surface area contributed by atoms with Crippen LogP contribution in [0.1, 0.15) is 27.6 Å². The lowest BCUT2D eigenvalue weighted by Crippen LogP contribution is -2.47. The number of carbonyl (C=O) groups excluding carboxylic acids is 3. The predicted molar refractivity (Wildman–Crippen MR) is 137 cm³/mol. The Morgan fingerprint density at radius 3 is 2.14 bits per heavy atom. The maximum Gasteiger partial charge on any atom is 0.279 e. The normalized spacial score (nSPS) is 11.3. The quantitative estimate of drug-likeness (QED) is 0.339. The van der Waals surface area contributed by atoms with E-state index in [9.17, 15) is 14.4 Å². The number of ether oxygens (including phenoxy) is 2. The zero-order chi connectivity index (χ0) is 25.5. The number of hydrazine groups is 1. The third kappa shape index (κ3) is 5.79. The van der Waals surface area contributed by atoms with Gasteiger partial charge in [0.1, 0.15) is 11.5 Å². The molecule has 182 valence electrons. The molecule has 4 aromatic rings. The number of carbonyl (C=O) groups is 3. The highest BCUT2D eigenvalue weighted by Crippen LogP contribution is 2.21. The largest absolute Gasteiger partial charge is 0.497 e. The number of fused-ring (bicyclic) bond motifs is 1. The fraction of sp³-hybridized carbons (Fsp3) is 0.107. The average Bonchev–Trinajstić information content (AvgIpc) is 2.91. The van der Waals surface area contributed by atoms with Crippen LogP contribution in [0.3, 0.4) is 0 Å². The van der Waals surface area contributed by atoms with E-state index >= 15 is 0 Å². The van der Waals surface area contributed by atoms with E-state index in [0.29, 0.717) is 22.7 Å². The fourth-order valence-electron chi connectivity index (χ4n) is 3.51. The van der Waals surface area contributed by atoms with Crippen LogP contribution >= 0.6 is 0 Å². The smallest absolute Gasteiger partial charge is 0.279 e. The molecule has 0 bridgehead atoms. The molecule has 1 atom stereocenters. The van der Waals surface area contributed by atoms with Gasteiger partial charge in [0.15, 0.2) is 6.10 Å². The number of anilines is 1. The molecule has 0 fully saturated rings. The summed E-state index contributed by atoms with van der Waals surface area (Å²) in [6.45, 7) is 1.58. The molecular formula is C28H25N3O5. The molecular weight excluding hydrogens is 458 g/mol. The van der Waals surface area contributed by atoms with Crippen molar-refractivity contribution in [3.05, 3.63) is 102 Å². The van der Waals surface area contributed by atoms with E-state index in [1.807, 2.05) is 36.4 Å². The van der Waals surface area contributed by atoms with Gasteiger partial charge in [-0.25, -0.2) is 0 Å². The molecule has 8 heteroatoms. The van der Waals surface area contributed by atoms with E-state index < -0.39 is 17.9 Å². The lowest BCUT2D eigenvalue weighted by Gasteiger charge is -2.16. The number of rotatable bonds is 7. The second kappa shape index (κ2) is 11.1. The van der Waals surface area contributed by atoms with E-state index in [4.69, 9.17) is 9.47 Å². The van der Waals surface area contributed by atoms with Crippen molar-refractivity contribution in [3.8, 4) is 11.5 Å². The van der Waals surface area contributed by atoms with Crippen LogP contribution in [0.25, 0.3) is 10.8 Å². The predicted octanol–water partition coefficient (Wildman–Crippen LogP) is 4.33. The van der Waals surface area contributed by atoms with Gasteiger partial charge in [-0.15, -0.1) is 0 Å². The van der Waals surface area contributed by atoms with Crippen LogP contribution in [0, 0.1) is 0 Å². The zero-order valence-electron chi connectivity index (χ0n) is 19.8. The second-order valence-corrected chi connectivity index (χ2v) is 7.94. The molecule has 0 spiro atoms. The Hall–Kier alpha value is -4.85. The fourth-order valence-corrected chi connectivity index (χ4v) is 3.51. The number of hydrogen-bond donors (Lipinski definition) is 3. The first kappa shape index (κ1) is 24.3. The van der Waals surface area contributed by atoms with Gasteiger partial charge >= 0.3 is 0 Å². The third-order valence-electron chi connectivity index (χ3n) is 5.47. The number of nitrogens with one attached hydrogen (secondary N) is 3. The van der Waals surface area contributed by atoms with Crippen molar-refractivity contribution in [1.29, 1.82) is 0 Å². The van der Waals surface area contributed by atoms with Gasteiger partial charge in [-0.3, -0.25) is 25.2 Å². The molecule has 0 aliphatic heterocycles. The van der Waals surface area contributed by atoms with E-state index in [1.54, 1.807) is 68.6 Å². The molecule has 0 heterocycles. The van der Waals surface area contributed by atoms with Crippen molar-refractivity contribution >= 4 is 34.2 Å². The van der Waals surface area contributed by atoms with Gasteiger partial charge in [0.05, 0.1) is 18.4 Å². The first-order valence-corrected chi connectivity index (χ1v) is 11.2. The minimum atomic E-state index is -0.864. The van der Waals surface area contributed by atoms with E-state index in [-0.39, 0.29) is 11.5 Å². The van der Waals surface area contributed by atoms with Crippen LogP contribution in [-0.2, 0) is 4.79 Å². The second-order valence-electron chi connectivity index (χ2n) is 7.94. The first-order chi connectivity index (χ1) is 17.4. The molecule has 0 radical (unpaired) electrons. The number of para-hydroxylation sites is 1. The standard InChI is InChI=1S/C28H25N3O5/c1-18(36-23-16-11-19-7-3-4-8-21(19)17-23)26(32)30-31-28(34)24-9-5-6-10-25(24)29-27(33)20-12-14-22(35-2)15-13-20/h3-18H,1-2H3,(H,29,33)(H,30,32)(H,31,34). The SMILES string of the molecule is COc1ccc(C(=O)Nc2ccccc2C(=O)NNC(=O)C(C)Oc2ccc3ccccc3c2)cc1. The van der Waals surface area contributed by atoms with Crippen molar-refractivity contribution in [2.45, 2.75) is 13.0 Å². The maximum atomic E-state index is 12.8. The summed E-state index contributed by atoms with van der Waals surface area (Å²) in [5, 5.41) is 4.78. The average molecular weight is 484 g/mol. The van der Waals surface area contributed by atoms with E-state index in [2.05, 4.69) is 16.2 Å². The minimum absolute atomic E-state index is 0.183. The Labute approximate surface area is 208 Å². The Balaban J connectivity index is 1.36. The molecule has 3 amide bonds. The first-order valence-electron chi connectivity index (χ1n) is 11.2. The summed E-state index contributed by atoms with van der Waals surface area (Å²) in [5.74, 6) is -0.349. The zero-order valence-corrected chi connectivity index (χ0v) is 19.8. The molecule has 1 unspecified atom stereocenters. The van der Waals surface area contributed by atoms with Gasteiger partial charge in [-0.1, -0.05) is 42.5 Å². The maximum absolute atomic E-state index is 12.8. The van der Waals surface area contributed by atoms with Crippen molar-refractivity contribution in [2.24, 2.45) is 0 Å². The highest BCUT2D eigenvalue weighted by molar-refractivity contribution is 6.09. The van der Waals surface area contributed by atoms with Crippen molar-refractivity contribution < 1.29 is 23.9 Å². The van der Waals surface area contributed by atoms with E-state index in [0.717, 1.165) is 10.8 Å². The number of hydrogen-bond acceptors (Lipinski definition) is 5. The Morgan fingerprint density at radius 2 is 1.39 bits per heavy atom. The van der Waals surface area contributed by atoms with Gasteiger partial charge in [-0.05, 0) is 66.2 Å². The molecule has 0 aliphatic carbocycles. The molecule has 4 aromatic carbocycles. The highest BCUT2D eigenvalue weighted by Gasteiger charge is 2.18. The van der Waals surface area contributed by atoms with Crippen molar-refractivity contribution in [1.82, 2.24) is 10.9 Å². The van der Waals surface area contributed by atoms with Crippen LogP contribution in [-0.4, -0.2) is 30.9 Å². The minimum Gasteiger partial charge on any atom is -0.497 e. The molecule has 0 saturated heterocycles. The summed E-state index contributed by atoms with van der Waals surface area (Å²) in [4.78, 5) is 37.9. The Bertz CT molecular complexity index is 1400. The van der Waals surface area contributed by atoms with Gasteiger partial charge in [0.25, 0.3) is 17.7 Å². The van der Waals surface area contributed by atoms with Crippen LogP contribution in [0.15, 0.2) is 91.0 Å². The number of benzene rings is 4. The van der Waals surface area contributed by atoms with Crippen LogP contribution < -0.4 is 25.6 Å². The van der Waals surface area contributed by atoms with Crippen LogP contribution in [0.2, 0.25) is 0 Å². The third-order valence-corrected chi connectivity index (χ3v) is 5.47. The van der Waals surface area contributed by atoms with Gasteiger partial charge < -0.3 is 14.8 Å². The molecule has 36 heavy (non-hydrogen) atoms.